The highest BCUT2D eigenvalue weighted by Gasteiger charge is 2.35. The summed E-state index contributed by atoms with van der Waals surface area (Å²) < 4.78 is 45.3. The van der Waals surface area contributed by atoms with Crippen molar-refractivity contribution < 1.29 is 22.3 Å². The minimum absolute atomic E-state index is 0.0719. The third-order valence-electron chi connectivity index (χ3n) is 5.45. The van der Waals surface area contributed by atoms with E-state index in [9.17, 15) is 17.6 Å². The number of carbonyl (C=O) groups excluding carboxylic acids is 1. The maximum absolute atomic E-state index is 13.6. The Morgan fingerprint density at radius 1 is 1.38 bits per heavy atom. The molecule has 10 heteroatoms. The van der Waals surface area contributed by atoms with Crippen molar-refractivity contribution in [1.82, 2.24) is 9.29 Å². The lowest BCUT2D eigenvalue weighted by atomic mass is 9.98. The summed E-state index contributed by atoms with van der Waals surface area (Å²) in [6, 6.07) is 4.37. The van der Waals surface area contributed by atoms with Crippen LogP contribution in [0.1, 0.15) is 25.7 Å². The molecule has 0 radical (unpaired) electrons. The number of halogens is 1. The topological polar surface area (TPSA) is 79.8 Å². The van der Waals surface area contributed by atoms with Crippen molar-refractivity contribution in [3.8, 4) is 0 Å². The Bertz CT molecular complexity index is 1000. The van der Waals surface area contributed by atoms with Crippen LogP contribution in [0.4, 0.5) is 9.52 Å². The van der Waals surface area contributed by atoms with Gasteiger partial charge in [0.2, 0.25) is 15.9 Å². The molecule has 2 atom stereocenters. The molecular formula is C19H24FN3O4S2. The first kappa shape index (κ1) is 20.6. The van der Waals surface area contributed by atoms with Crippen LogP contribution in [0.25, 0.3) is 10.2 Å². The number of aromatic nitrogens is 1. The Morgan fingerprint density at radius 3 is 2.93 bits per heavy atom. The molecule has 4 rings (SSSR count). The van der Waals surface area contributed by atoms with E-state index in [2.05, 4.69) is 4.98 Å². The zero-order valence-electron chi connectivity index (χ0n) is 16.2. The van der Waals surface area contributed by atoms with Crippen molar-refractivity contribution in [3.63, 3.8) is 0 Å². The predicted molar refractivity (Wildman–Crippen MR) is 110 cm³/mol. The second-order valence-corrected chi connectivity index (χ2v) is 10.6. The summed E-state index contributed by atoms with van der Waals surface area (Å²) in [5.41, 5.74) is 0.637. The van der Waals surface area contributed by atoms with Gasteiger partial charge >= 0.3 is 0 Å². The van der Waals surface area contributed by atoms with Gasteiger partial charge in [0, 0.05) is 19.7 Å². The second-order valence-electron chi connectivity index (χ2n) is 7.65. The maximum atomic E-state index is 13.6. The van der Waals surface area contributed by atoms with E-state index in [1.807, 2.05) is 0 Å². The summed E-state index contributed by atoms with van der Waals surface area (Å²) in [5.74, 6) is -0.919. The summed E-state index contributed by atoms with van der Waals surface area (Å²) in [6.45, 7) is 1.66. The van der Waals surface area contributed by atoms with Crippen molar-refractivity contribution in [2.24, 2.45) is 5.92 Å². The fourth-order valence-corrected chi connectivity index (χ4v) is 5.84. The fourth-order valence-electron chi connectivity index (χ4n) is 3.92. The number of fused-ring (bicyclic) bond motifs is 1. The number of hydrogen-bond acceptors (Lipinski definition) is 6. The quantitative estimate of drug-likeness (QED) is 0.713. The molecule has 0 aliphatic carbocycles. The number of nitrogens with zero attached hydrogens (tertiary/aromatic N) is 3. The monoisotopic (exact) mass is 441 g/mol. The van der Waals surface area contributed by atoms with Crippen LogP contribution in [-0.2, 0) is 19.6 Å². The average molecular weight is 442 g/mol. The zero-order valence-corrected chi connectivity index (χ0v) is 17.8. The number of carbonyl (C=O) groups is 1. The van der Waals surface area contributed by atoms with Crippen molar-refractivity contribution in [2.45, 2.75) is 31.8 Å². The van der Waals surface area contributed by atoms with E-state index in [0.29, 0.717) is 47.9 Å². The number of thiazole rings is 1. The van der Waals surface area contributed by atoms with Crippen LogP contribution in [-0.4, -0.2) is 62.2 Å². The van der Waals surface area contributed by atoms with Gasteiger partial charge in [-0.1, -0.05) is 11.3 Å². The summed E-state index contributed by atoms with van der Waals surface area (Å²) in [7, 11) is -3.35. The number of amides is 1. The van der Waals surface area contributed by atoms with E-state index >= 15 is 0 Å². The van der Waals surface area contributed by atoms with Crippen LogP contribution in [0, 0.1) is 11.7 Å². The highest BCUT2D eigenvalue weighted by molar-refractivity contribution is 7.88. The molecule has 1 aromatic carbocycles. The first-order valence-corrected chi connectivity index (χ1v) is 12.4. The molecule has 2 aliphatic heterocycles. The number of ether oxygens (including phenoxy) is 1. The van der Waals surface area contributed by atoms with E-state index < -0.39 is 15.9 Å². The van der Waals surface area contributed by atoms with Crippen LogP contribution in [0.15, 0.2) is 18.2 Å². The molecule has 0 N–H and O–H groups in total. The van der Waals surface area contributed by atoms with Crippen molar-refractivity contribution in [2.75, 3.05) is 37.4 Å². The number of benzene rings is 1. The van der Waals surface area contributed by atoms with Crippen LogP contribution in [0.3, 0.4) is 0 Å². The Kier molecular flexibility index (Phi) is 5.87. The zero-order chi connectivity index (χ0) is 20.6. The molecule has 2 fully saturated rings. The third kappa shape index (κ3) is 4.60. The number of piperidine rings is 1. The molecule has 158 valence electrons. The highest BCUT2D eigenvalue weighted by atomic mass is 32.2. The van der Waals surface area contributed by atoms with E-state index in [0.717, 1.165) is 12.8 Å². The predicted octanol–water partition coefficient (Wildman–Crippen LogP) is 2.62. The Labute approximate surface area is 173 Å². The van der Waals surface area contributed by atoms with Gasteiger partial charge in [-0.3, -0.25) is 9.69 Å². The molecule has 1 aromatic heterocycles. The van der Waals surface area contributed by atoms with Gasteiger partial charge in [0.15, 0.2) is 5.13 Å². The molecule has 3 heterocycles. The summed E-state index contributed by atoms with van der Waals surface area (Å²) >= 11 is 1.27. The largest absolute Gasteiger partial charge is 0.376 e. The van der Waals surface area contributed by atoms with Gasteiger partial charge in [0.25, 0.3) is 0 Å². The summed E-state index contributed by atoms with van der Waals surface area (Å²) in [6.07, 6.45) is 4.19. The molecule has 1 amide bonds. The van der Waals surface area contributed by atoms with Gasteiger partial charge in [-0.2, -0.15) is 0 Å². The van der Waals surface area contributed by atoms with Crippen molar-refractivity contribution in [3.05, 3.63) is 24.0 Å². The molecule has 0 spiro atoms. The summed E-state index contributed by atoms with van der Waals surface area (Å²) in [5, 5.41) is 0.502. The van der Waals surface area contributed by atoms with Crippen molar-refractivity contribution in [1.29, 1.82) is 0 Å². The smallest absolute Gasteiger partial charge is 0.233 e. The molecule has 2 unspecified atom stereocenters. The van der Waals surface area contributed by atoms with Crippen LogP contribution < -0.4 is 4.90 Å². The van der Waals surface area contributed by atoms with Gasteiger partial charge in [-0.15, -0.1) is 0 Å². The first-order chi connectivity index (χ1) is 13.8. The van der Waals surface area contributed by atoms with E-state index in [4.69, 9.17) is 4.74 Å². The average Bonchev–Trinajstić information content (AvgIpc) is 3.34. The number of sulfonamides is 1. The molecule has 0 bridgehead atoms. The molecule has 7 nitrogen and oxygen atoms in total. The number of rotatable bonds is 5. The van der Waals surface area contributed by atoms with Gasteiger partial charge in [0.1, 0.15) is 5.82 Å². The lowest BCUT2D eigenvalue weighted by Gasteiger charge is -2.33. The van der Waals surface area contributed by atoms with Crippen molar-refractivity contribution >= 4 is 42.6 Å². The first-order valence-electron chi connectivity index (χ1n) is 9.75. The highest BCUT2D eigenvalue weighted by Crippen LogP contribution is 2.32. The fraction of sp³-hybridized carbons (Fsp3) is 0.579. The minimum atomic E-state index is -3.35. The van der Waals surface area contributed by atoms with Crippen LogP contribution in [0.5, 0.6) is 0 Å². The third-order valence-corrected chi connectivity index (χ3v) is 7.76. The second kappa shape index (κ2) is 8.25. The lowest BCUT2D eigenvalue weighted by Crippen LogP contribution is -2.48. The van der Waals surface area contributed by atoms with Gasteiger partial charge in [-0.25, -0.2) is 22.1 Å². The SMILES string of the molecule is CS(=O)(=O)N1CCCC(C(=O)N(CC2CCCO2)c2nc3ccc(F)cc3s2)C1. The molecule has 29 heavy (non-hydrogen) atoms. The normalized spacial score (nSPS) is 23.5. The molecule has 2 saturated heterocycles. The Balaban J connectivity index is 1.63. The minimum Gasteiger partial charge on any atom is -0.376 e. The van der Waals surface area contributed by atoms with Crippen LogP contribution in [0.2, 0.25) is 0 Å². The van der Waals surface area contributed by atoms with Gasteiger partial charge in [0.05, 0.1) is 35.0 Å². The van der Waals surface area contributed by atoms with E-state index in [1.54, 1.807) is 11.0 Å². The molecule has 2 aliphatic rings. The number of hydrogen-bond donors (Lipinski definition) is 0. The van der Waals surface area contributed by atoms with Gasteiger partial charge < -0.3 is 4.74 Å². The Hall–Kier alpha value is -1.62. The van der Waals surface area contributed by atoms with E-state index in [1.165, 1.54) is 34.0 Å². The van der Waals surface area contributed by atoms with Crippen LogP contribution >= 0.6 is 11.3 Å². The standard InChI is InChI=1S/C19H24FN3O4S2/c1-29(25,26)22-8-2-4-13(11-22)18(24)23(12-15-5-3-9-27-15)19-21-16-7-6-14(20)10-17(16)28-19/h6-7,10,13,15H,2-5,8-9,11-12H2,1H3. The number of anilines is 1. The summed E-state index contributed by atoms with van der Waals surface area (Å²) in [4.78, 5) is 19.6. The van der Waals surface area contributed by atoms with Gasteiger partial charge in [-0.05, 0) is 43.9 Å². The Morgan fingerprint density at radius 2 is 2.21 bits per heavy atom. The molecular weight excluding hydrogens is 417 g/mol. The lowest BCUT2D eigenvalue weighted by molar-refractivity contribution is -0.123. The molecule has 0 saturated carbocycles. The maximum Gasteiger partial charge on any atom is 0.233 e. The molecule has 2 aromatic rings. The van der Waals surface area contributed by atoms with E-state index in [-0.39, 0.29) is 24.4 Å².